The monoisotopic (exact) mass is 219 g/mol. The van der Waals surface area contributed by atoms with Crippen LogP contribution in [-0.4, -0.2) is 16.0 Å². The van der Waals surface area contributed by atoms with Crippen LogP contribution in [0.15, 0.2) is 6.20 Å². The van der Waals surface area contributed by atoms with E-state index in [4.69, 9.17) is 0 Å². The third kappa shape index (κ3) is 2.94. The van der Waals surface area contributed by atoms with E-state index in [-0.39, 0.29) is 0 Å². The molecule has 0 amide bonds. The molecule has 0 bridgehead atoms. The van der Waals surface area contributed by atoms with E-state index in [1.54, 1.807) is 0 Å². The molecule has 2 rings (SSSR count). The zero-order chi connectivity index (χ0) is 11.5. The summed E-state index contributed by atoms with van der Waals surface area (Å²) >= 11 is 0. The van der Waals surface area contributed by atoms with Crippen molar-refractivity contribution >= 4 is 5.82 Å². The Bertz CT molecular complexity index is 358. The Morgan fingerprint density at radius 2 is 2.19 bits per heavy atom. The van der Waals surface area contributed by atoms with Gasteiger partial charge >= 0.3 is 0 Å². The number of hydrogen-bond donors (Lipinski definition) is 1. The van der Waals surface area contributed by atoms with E-state index in [2.05, 4.69) is 22.2 Å². The van der Waals surface area contributed by atoms with Crippen LogP contribution in [0.25, 0.3) is 0 Å². The SMILES string of the molecule is CCC(CC1CC1)Nc1nc(C)cnc1C. The molecule has 1 aromatic rings. The zero-order valence-corrected chi connectivity index (χ0v) is 10.5. The number of anilines is 1. The highest BCUT2D eigenvalue weighted by atomic mass is 15.0. The summed E-state index contributed by atoms with van der Waals surface area (Å²) in [7, 11) is 0. The lowest BCUT2D eigenvalue weighted by molar-refractivity contribution is 0.584. The van der Waals surface area contributed by atoms with E-state index in [9.17, 15) is 0 Å². The zero-order valence-electron chi connectivity index (χ0n) is 10.5. The van der Waals surface area contributed by atoms with Crippen molar-refractivity contribution in [2.75, 3.05) is 5.32 Å². The van der Waals surface area contributed by atoms with Crippen molar-refractivity contribution in [3.8, 4) is 0 Å². The highest BCUT2D eigenvalue weighted by Gasteiger charge is 2.25. The number of aromatic nitrogens is 2. The van der Waals surface area contributed by atoms with Crippen LogP contribution in [0, 0.1) is 19.8 Å². The van der Waals surface area contributed by atoms with Crippen molar-refractivity contribution in [2.24, 2.45) is 5.92 Å². The lowest BCUT2D eigenvalue weighted by Crippen LogP contribution is -2.21. The summed E-state index contributed by atoms with van der Waals surface area (Å²) in [5.74, 6) is 1.92. The molecule has 1 saturated carbocycles. The maximum absolute atomic E-state index is 4.51. The molecule has 1 unspecified atom stereocenters. The molecule has 0 aromatic carbocycles. The van der Waals surface area contributed by atoms with Gasteiger partial charge in [0.2, 0.25) is 0 Å². The summed E-state index contributed by atoms with van der Waals surface area (Å²) in [4.78, 5) is 8.85. The number of aryl methyl sites for hydroxylation is 2. The Kier molecular flexibility index (Phi) is 3.42. The Hall–Kier alpha value is -1.12. The van der Waals surface area contributed by atoms with Gasteiger partial charge in [-0.2, -0.15) is 0 Å². The second kappa shape index (κ2) is 4.81. The summed E-state index contributed by atoms with van der Waals surface area (Å²) < 4.78 is 0. The van der Waals surface area contributed by atoms with Crippen LogP contribution in [0.2, 0.25) is 0 Å². The second-order valence-electron chi connectivity index (χ2n) is 4.87. The minimum Gasteiger partial charge on any atom is -0.366 e. The molecule has 1 atom stereocenters. The van der Waals surface area contributed by atoms with Gasteiger partial charge in [-0.05, 0) is 32.6 Å². The highest BCUT2D eigenvalue weighted by molar-refractivity contribution is 5.40. The van der Waals surface area contributed by atoms with Gasteiger partial charge in [-0.15, -0.1) is 0 Å². The molecule has 0 aliphatic heterocycles. The fourth-order valence-corrected chi connectivity index (χ4v) is 1.95. The highest BCUT2D eigenvalue weighted by Crippen LogP contribution is 2.34. The van der Waals surface area contributed by atoms with Gasteiger partial charge in [-0.1, -0.05) is 19.8 Å². The molecule has 16 heavy (non-hydrogen) atoms. The maximum atomic E-state index is 4.51. The number of hydrogen-bond acceptors (Lipinski definition) is 3. The van der Waals surface area contributed by atoms with Crippen LogP contribution in [-0.2, 0) is 0 Å². The fourth-order valence-electron chi connectivity index (χ4n) is 1.95. The van der Waals surface area contributed by atoms with Crippen LogP contribution in [0.5, 0.6) is 0 Å². The average Bonchev–Trinajstić information content (AvgIpc) is 3.06. The third-order valence-electron chi connectivity index (χ3n) is 3.22. The quantitative estimate of drug-likeness (QED) is 0.827. The molecule has 88 valence electrons. The largest absolute Gasteiger partial charge is 0.366 e. The lowest BCUT2D eigenvalue weighted by Gasteiger charge is -2.18. The first-order chi connectivity index (χ1) is 7.69. The second-order valence-corrected chi connectivity index (χ2v) is 4.87. The van der Waals surface area contributed by atoms with Crippen molar-refractivity contribution in [3.05, 3.63) is 17.6 Å². The first kappa shape index (κ1) is 11.4. The first-order valence-corrected chi connectivity index (χ1v) is 6.25. The first-order valence-electron chi connectivity index (χ1n) is 6.25. The van der Waals surface area contributed by atoms with Gasteiger partial charge in [0.05, 0.1) is 11.4 Å². The maximum Gasteiger partial charge on any atom is 0.147 e. The van der Waals surface area contributed by atoms with Gasteiger partial charge in [0, 0.05) is 12.2 Å². The van der Waals surface area contributed by atoms with Gasteiger partial charge in [-0.3, -0.25) is 4.98 Å². The standard InChI is InChI=1S/C13H21N3/c1-4-12(7-11-5-6-11)16-13-10(3)14-8-9(2)15-13/h8,11-12H,4-7H2,1-3H3,(H,15,16). The molecular formula is C13H21N3. The Labute approximate surface area is 97.7 Å². The van der Waals surface area contributed by atoms with Gasteiger partial charge in [0.1, 0.15) is 5.82 Å². The summed E-state index contributed by atoms with van der Waals surface area (Å²) in [6.07, 6.45) is 7.09. The van der Waals surface area contributed by atoms with Crippen LogP contribution in [0.4, 0.5) is 5.82 Å². The predicted octanol–water partition coefficient (Wildman–Crippen LogP) is 3.08. The summed E-state index contributed by atoms with van der Waals surface area (Å²) in [6, 6.07) is 0.558. The smallest absolute Gasteiger partial charge is 0.147 e. The molecule has 0 radical (unpaired) electrons. The number of nitrogens with zero attached hydrogens (tertiary/aromatic N) is 2. The lowest BCUT2D eigenvalue weighted by atomic mass is 10.1. The summed E-state index contributed by atoms with van der Waals surface area (Å²) in [5.41, 5.74) is 1.98. The molecule has 1 aliphatic rings. The normalized spacial score (nSPS) is 17.2. The summed E-state index contributed by atoms with van der Waals surface area (Å²) in [6.45, 7) is 6.23. The van der Waals surface area contributed by atoms with E-state index in [1.807, 2.05) is 20.0 Å². The molecule has 3 heteroatoms. The Morgan fingerprint density at radius 1 is 1.44 bits per heavy atom. The predicted molar refractivity (Wildman–Crippen MR) is 66.5 cm³/mol. The van der Waals surface area contributed by atoms with Crippen molar-refractivity contribution in [1.82, 2.24) is 9.97 Å². The fraction of sp³-hybridized carbons (Fsp3) is 0.692. The molecule has 3 nitrogen and oxygen atoms in total. The Morgan fingerprint density at radius 3 is 2.81 bits per heavy atom. The average molecular weight is 219 g/mol. The van der Waals surface area contributed by atoms with E-state index in [0.29, 0.717) is 6.04 Å². The molecule has 1 aliphatic carbocycles. The molecule has 1 aromatic heterocycles. The summed E-state index contributed by atoms with van der Waals surface area (Å²) in [5, 5.41) is 3.54. The van der Waals surface area contributed by atoms with Crippen molar-refractivity contribution < 1.29 is 0 Å². The molecule has 1 fully saturated rings. The minimum atomic E-state index is 0.558. The van der Waals surface area contributed by atoms with Crippen LogP contribution < -0.4 is 5.32 Å². The third-order valence-corrected chi connectivity index (χ3v) is 3.22. The van der Waals surface area contributed by atoms with Gasteiger partial charge < -0.3 is 5.32 Å². The van der Waals surface area contributed by atoms with E-state index >= 15 is 0 Å². The Balaban J connectivity index is 2.01. The van der Waals surface area contributed by atoms with E-state index < -0.39 is 0 Å². The van der Waals surface area contributed by atoms with Crippen molar-refractivity contribution in [2.45, 2.75) is 52.5 Å². The number of nitrogens with one attached hydrogen (secondary N) is 1. The minimum absolute atomic E-state index is 0.558. The van der Waals surface area contributed by atoms with Crippen molar-refractivity contribution in [1.29, 1.82) is 0 Å². The molecule has 0 saturated heterocycles. The van der Waals surface area contributed by atoms with E-state index in [1.165, 1.54) is 19.3 Å². The van der Waals surface area contributed by atoms with Gasteiger partial charge in [-0.25, -0.2) is 4.98 Å². The van der Waals surface area contributed by atoms with Crippen molar-refractivity contribution in [3.63, 3.8) is 0 Å². The number of rotatable bonds is 5. The molecule has 1 N–H and O–H groups in total. The topological polar surface area (TPSA) is 37.8 Å². The van der Waals surface area contributed by atoms with E-state index in [0.717, 1.165) is 29.5 Å². The van der Waals surface area contributed by atoms with Gasteiger partial charge in [0.15, 0.2) is 0 Å². The van der Waals surface area contributed by atoms with Crippen LogP contribution >= 0.6 is 0 Å². The molecule has 1 heterocycles. The molecule has 0 spiro atoms. The van der Waals surface area contributed by atoms with Crippen LogP contribution in [0.3, 0.4) is 0 Å². The van der Waals surface area contributed by atoms with Crippen LogP contribution in [0.1, 0.15) is 44.0 Å². The molecular weight excluding hydrogens is 198 g/mol. The van der Waals surface area contributed by atoms with Gasteiger partial charge in [0.25, 0.3) is 0 Å².